The number of phenolic OH excluding ortho intramolecular Hbond substituents is 2. The maximum Gasteiger partial charge on any atom is 0.295 e. The van der Waals surface area contributed by atoms with E-state index in [2.05, 4.69) is 10.6 Å². The molecule has 4 aromatic carbocycles. The first-order valence-electron chi connectivity index (χ1n) is 16.0. The van der Waals surface area contributed by atoms with Crippen molar-refractivity contribution in [3.63, 3.8) is 0 Å². The molecule has 5 rings (SSSR count). The number of carbonyl (C=O) groups excluding carboxylic acids is 2. The minimum atomic E-state index is -4.67. The minimum Gasteiger partial charge on any atom is -0.507 e. The van der Waals surface area contributed by atoms with Gasteiger partial charge in [0, 0.05) is 11.4 Å². The van der Waals surface area contributed by atoms with Crippen molar-refractivity contribution in [3.05, 3.63) is 92.0 Å². The first-order valence-corrected chi connectivity index (χ1v) is 18.9. The third kappa shape index (κ3) is 6.02. The van der Waals surface area contributed by atoms with Crippen LogP contribution in [0.3, 0.4) is 0 Å². The Hall–Kier alpha value is -4.76. The molecule has 0 unspecified atom stereocenters. The second kappa shape index (κ2) is 13.2. The number of fused-ring (bicyclic) bond motifs is 2. The molecule has 1 aliphatic rings. The van der Waals surface area contributed by atoms with Crippen LogP contribution >= 0.6 is 0 Å². The van der Waals surface area contributed by atoms with Crippen molar-refractivity contribution in [3.8, 4) is 11.5 Å². The molecule has 12 nitrogen and oxygen atoms in total. The summed E-state index contributed by atoms with van der Waals surface area (Å²) in [4.78, 5) is 28.2. The zero-order valence-corrected chi connectivity index (χ0v) is 30.0. The van der Waals surface area contributed by atoms with Gasteiger partial charge in [-0.15, -0.1) is 0 Å². The van der Waals surface area contributed by atoms with E-state index in [-0.39, 0.29) is 56.3 Å². The van der Waals surface area contributed by atoms with Gasteiger partial charge < -0.3 is 20.8 Å². The van der Waals surface area contributed by atoms with Crippen LogP contribution in [-0.2, 0) is 45.9 Å². The van der Waals surface area contributed by atoms with Gasteiger partial charge in [-0.05, 0) is 97.2 Å². The number of rotatable bonds is 10. The van der Waals surface area contributed by atoms with Crippen molar-refractivity contribution in [2.24, 2.45) is 0 Å². The number of aryl methyl sites for hydroxylation is 4. The Bertz CT molecular complexity index is 2180. The Morgan fingerprint density at radius 3 is 1.18 bits per heavy atom. The van der Waals surface area contributed by atoms with E-state index < -0.39 is 54.4 Å². The van der Waals surface area contributed by atoms with Gasteiger partial charge in [-0.3, -0.25) is 18.7 Å². The fourth-order valence-electron chi connectivity index (χ4n) is 6.99. The Labute approximate surface area is 290 Å². The summed E-state index contributed by atoms with van der Waals surface area (Å²) in [5.74, 6) is -2.73. The number of ketones is 2. The Morgan fingerprint density at radius 2 is 0.900 bits per heavy atom. The molecule has 0 fully saturated rings. The summed E-state index contributed by atoms with van der Waals surface area (Å²) in [6.45, 7) is 10.2. The molecule has 6 N–H and O–H groups in total. The van der Waals surface area contributed by atoms with Crippen LogP contribution in [0.5, 0.6) is 11.5 Å². The predicted octanol–water partition coefficient (Wildman–Crippen LogP) is 6.72. The van der Waals surface area contributed by atoms with Crippen LogP contribution in [0.1, 0.15) is 92.9 Å². The van der Waals surface area contributed by atoms with Crippen molar-refractivity contribution in [1.29, 1.82) is 0 Å². The fraction of sp³-hybridized carbons (Fsp3) is 0.278. The molecule has 0 heterocycles. The van der Waals surface area contributed by atoms with Gasteiger partial charge in [-0.1, -0.05) is 39.8 Å². The Balaban J connectivity index is 1.85. The molecule has 0 atom stereocenters. The normalized spacial score (nSPS) is 12.9. The quantitative estimate of drug-likeness (QED) is 0.0656. The van der Waals surface area contributed by atoms with E-state index in [1.807, 2.05) is 13.8 Å². The number of anilines is 4. The molecule has 0 spiro atoms. The lowest BCUT2D eigenvalue weighted by atomic mass is 9.81. The van der Waals surface area contributed by atoms with Crippen molar-refractivity contribution in [2.45, 2.75) is 77.0 Å². The van der Waals surface area contributed by atoms with Gasteiger partial charge in [-0.25, -0.2) is 0 Å². The number of phenols is 2. The summed E-state index contributed by atoms with van der Waals surface area (Å²) in [6, 6.07) is 8.37. The van der Waals surface area contributed by atoms with E-state index in [4.69, 9.17) is 0 Å². The van der Waals surface area contributed by atoms with Gasteiger partial charge in [-0.2, -0.15) is 16.8 Å². The van der Waals surface area contributed by atoms with E-state index in [1.54, 1.807) is 39.8 Å². The van der Waals surface area contributed by atoms with E-state index in [0.717, 1.165) is 12.1 Å². The monoisotopic (exact) mass is 722 g/mol. The lowest BCUT2D eigenvalue weighted by Gasteiger charge is -2.27. The van der Waals surface area contributed by atoms with Crippen LogP contribution in [0.2, 0.25) is 0 Å². The van der Waals surface area contributed by atoms with Gasteiger partial charge in [0.2, 0.25) is 11.6 Å². The van der Waals surface area contributed by atoms with Crippen LogP contribution in [-0.4, -0.2) is 47.7 Å². The van der Waals surface area contributed by atoms with Crippen molar-refractivity contribution in [2.75, 3.05) is 10.6 Å². The van der Waals surface area contributed by atoms with Crippen LogP contribution in [0.4, 0.5) is 22.7 Å². The van der Waals surface area contributed by atoms with Crippen LogP contribution < -0.4 is 10.6 Å². The number of hydrogen-bond acceptors (Lipinski definition) is 10. The molecule has 0 saturated carbocycles. The van der Waals surface area contributed by atoms with Gasteiger partial charge in [0.05, 0.1) is 33.6 Å². The molecule has 50 heavy (non-hydrogen) atoms. The average molecular weight is 723 g/mol. The standard InChI is InChI=1S/C36H38N2O10S2/c1-7-19-15-17(5)35(49(43,44)45)21(9-3)31(19)37-23-11-12-24(28-27(23)33(41)29-25(39)13-14-26(40)30(29)34(28)42)38-32-20(8-2)16-18(6)36(22(32)10-4)50(46,47)48/h11-16,37-40H,7-10H2,1-6H3,(H,43,44,45)(H,46,47,48). The van der Waals surface area contributed by atoms with Crippen LogP contribution in [0, 0.1) is 13.8 Å². The summed E-state index contributed by atoms with van der Waals surface area (Å²) < 4.78 is 70.4. The van der Waals surface area contributed by atoms with E-state index in [0.29, 0.717) is 46.5 Å². The van der Waals surface area contributed by atoms with Crippen LogP contribution in [0.15, 0.2) is 46.2 Å². The third-order valence-electron chi connectivity index (χ3n) is 9.07. The molecule has 4 aromatic rings. The first kappa shape index (κ1) is 36.5. The molecule has 0 saturated heterocycles. The predicted molar refractivity (Wildman–Crippen MR) is 189 cm³/mol. The Morgan fingerprint density at radius 1 is 0.560 bits per heavy atom. The topological polar surface area (TPSA) is 207 Å². The zero-order valence-electron chi connectivity index (χ0n) is 28.3. The van der Waals surface area contributed by atoms with Gasteiger partial charge in [0.1, 0.15) is 21.3 Å². The molecular weight excluding hydrogens is 685 g/mol. The molecule has 0 bridgehead atoms. The summed E-state index contributed by atoms with van der Waals surface area (Å²) in [5.41, 5.74) is 1.99. The lowest BCUT2D eigenvalue weighted by molar-refractivity contribution is 0.0975. The Kier molecular flexibility index (Phi) is 9.62. The van der Waals surface area contributed by atoms with Gasteiger partial charge >= 0.3 is 0 Å². The SMILES string of the molecule is CCc1cc(C)c(S(=O)(=O)O)c(CC)c1Nc1ccc(Nc2c(CC)cc(C)c(S(=O)(=O)O)c2CC)c2c1C(=O)c1c(O)ccc(O)c1C2=O. The highest BCUT2D eigenvalue weighted by atomic mass is 32.2. The maximum atomic E-state index is 14.4. The molecule has 0 amide bonds. The average Bonchev–Trinajstić information content (AvgIpc) is 3.04. The molecular formula is C36H38N2O10S2. The number of carbonyl (C=O) groups is 2. The fourth-order valence-corrected chi connectivity index (χ4v) is 9.04. The summed E-state index contributed by atoms with van der Waals surface area (Å²) >= 11 is 0. The number of aromatic hydroxyl groups is 2. The number of nitrogens with one attached hydrogen (secondary N) is 2. The molecule has 0 aliphatic heterocycles. The number of benzene rings is 4. The number of hydrogen-bond donors (Lipinski definition) is 6. The minimum absolute atomic E-state index is 0.0702. The summed E-state index contributed by atoms with van der Waals surface area (Å²) in [6.07, 6.45) is 1.19. The van der Waals surface area contributed by atoms with Crippen molar-refractivity contribution in [1.82, 2.24) is 0 Å². The molecule has 264 valence electrons. The highest BCUT2D eigenvalue weighted by Gasteiger charge is 2.39. The lowest BCUT2D eigenvalue weighted by Crippen LogP contribution is -2.24. The van der Waals surface area contributed by atoms with E-state index in [1.165, 1.54) is 12.1 Å². The highest BCUT2D eigenvalue weighted by molar-refractivity contribution is 7.86. The smallest absolute Gasteiger partial charge is 0.295 e. The second-order valence-corrected chi connectivity index (χ2v) is 14.8. The second-order valence-electron chi connectivity index (χ2n) is 12.1. The summed E-state index contributed by atoms with van der Waals surface area (Å²) in [5, 5.41) is 27.9. The van der Waals surface area contributed by atoms with Crippen LogP contribution in [0.25, 0.3) is 0 Å². The van der Waals surface area contributed by atoms with Crippen molar-refractivity contribution < 1.29 is 45.7 Å². The van der Waals surface area contributed by atoms with E-state index in [9.17, 15) is 45.7 Å². The first-order chi connectivity index (χ1) is 23.4. The van der Waals surface area contributed by atoms with Crippen molar-refractivity contribution >= 4 is 54.6 Å². The third-order valence-corrected chi connectivity index (χ3v) is 11.2. The summed E-state index contributed by atoms with van der Waals surface area (Å²) in [7, 11) is -9.34. The largest absolute Gasteiger partial charge is 0.507 e. The van der Waals surface area contributed by atoms with Gasteiger partial charge in [0.15, 0.2) is 0 Å². The molecule has 0 aromatic heterocycles. The maximum absolute atomic E-state index is 14.4. The molecule has 1 aliphatic carbocycles. The van der Waals surface area contributed by atoms with E-state index >= 15 is 0 Å². The molecule has 14 heteroatoms. The zero-order chi connectivity index (χ0) is 37.0. The molecule has 0 radical (unpaired) electrons. The van der Waals surface area contributed by atoms with Gasteiger partial charge in [0.25, 0.3) is 20.2 Å². The highest BCUT2D eigenvalue weighted by Crippen LogP contribution is 2.45.